The smallest absolute Gasteiger partial charge is 0.192 e. The summed E-state index contributed by atoms with van der Waals surface area (Å²) in [6.07, 6.45) is 3.50. The number of aliphatic imine (C=N–C) groups is 2. The van der Waals surface area contributed by atoms with Gasteiger partial charge in [0.15, 0.2) is 11.6 Å². The van der Waals surface area contributed by atoms with Gasteiger partial charge in [0.1, 0.15) is 0 Å². The molecule has 0 fully saturated rings. The van der Waals surface area contributed by atoms with Crippen molar-refractivity contribution in [3.8, 4) is 0 Å². The number of hydrogen-bond donors (Lipinski definition) is 1. The molecule has 174 valence electrons. The molecule has 1 heterocycles. The summed E-state index contributed by atoms with van der Waals surface area (Å²) in [5, 5.41) is 7.31. The van der Waals surface area contributed by atoms with E-state index in [0.717, 1.165) is 11.4 Å². The van der Waals surface area contributed by atoms with Crippen LogP contribution in [0.25, 0.3) is 0 Å². The van der Waals surface area contributed by atoms with Crippen LogP contribution < -0.4 is 0 Å². The van der Waals surface area contributed by atoms with Crippen LogP contribution in [0.4, 0.5) is 11.4 Å². The van der Waals surface area contributed by atoms with Gasteiger partial charge < -0.3 is 0 Å². The minimum atomic E-state index is 0.391. The molecule has 0 bridgehead atoms. The van der Waals surface area contributed by atoms with E-state index in [2.05, 4.69) is 107 Å². The van der Waals surface area contributed by atoms with Crippen molar-refractivity contribution in [3.63, 3.8) is 0 Å². The molecule has 3 aromatic rings. The van der Waals surface area contributed by atoms with E-state index >= 15 is 0 Å². The van der Waals surface area contributed by atoms with Crippen LogP contribution in [0.1, 0.15) is 113 Å². The van der Waals surface area contributed by atoms with E-state index < -0.39 is 0 Å². The van der Waals surface area contributed by atoms with Crippen LogP contribution in [0, 0.1) is 0 Å². The number of hydrogen-bond acceptors (Lipinski definition) is 4. The Morgan fingerprint density at radius 3 is 1.42 bits per heavy atom. The molecule has 1 N–H and O–H groups in total. The maximum atomic E-state index is 4.82. The van der Waals surface area contributed by atoms with Crippen LogP contribution in [0.15, 0.2) is 46.4 Å². The summed E-state index contributed by atoms with van der Waals surface area (Å²) in [4.78, 5) is 14.2. The fourth-order valence-electron chi connectivity index (χ4n) is 3.97. The van der Waals surface area contributed by atoms with Gasteiger partial charge in [-0.3, -0.25) is 15.1 Å². The van der Waals surface area contributed by atoms with Gasteiger partial charge in [-0.2, -0.15) is 5.10 Å². The second-order valence-corrected chi connectivity index (χ2v) is 9.78. The van der Waals surface area contributed by atoms with Crippen molar-refractivity contribution in [1.29, 1.82) is 0 Å². The summed E-state index contributed by atoms with van der Waals surface area (Å²) < 4.78 is 0. The molecule has 0 saturated carbocycles. The Bertz CT molecular complexity index is 992. The van der Waals surface area contributed by atoms with Gasteiger partial charge in [0.05, 0.1) is 23.8 Å². The highest BCUT2D eigenvalue weighted by Gasteiger charge is 2.14. The molecule has 0 amide bonds. The second-order valence-electron chi connectivity index (χ2n) is 9.78. The lowest BCUT2D eigenvalue weighted by Gasteiger charge is -2.16. The van der Waals surface area contributed by atoms with Crippen LogP contribution in [-0.2, 0) is 0 Å². The topological polar surface area (TPSA) is 66.3 Å². The standard InChI is InChI=1S/C28H37N5/c1-17(2)21-11-9-12-22(18(3)4)27(21)29-15-25-31-26(33-32-25)16-30-28-23(19(5)6)13-10-14-24(28)20(7)8/h9-20H,1-8H3,(H,31,32,33). The number of aromatic nitrogens is 3. The maximum Gasteiger partial charge on any atom is 0.192 e. The highest BCUT2D eigenvalue weighted by molar-refractivity contribution is 5.83. The molecule has 2 aromatic carbocycles. The molecular weight excluding hydrogens is 406 g/mol. The fraction of sp³-hybridized carbons (Fsp3) is 0.429. The summed E-state index contributed by atoms with van der Waals surface area (Å²) in [7, 11) is 0. The van der Waals surface area contributed by atoms with Gasteiger partial charge >= 0.3 is 0 Å². The van der Waals surface area contributed by atoms with Crippen molar-refractivity contribution in [1.82, 2.24) is 15.2 Å². The molecule has 0 aliphatic heterocycles. The number of H-pyrrole nitrogens is 1. The normalized spacial score (nSPS) is 12.5. The van der Waals surface area contributed by atoms with Gasteiger partial charge in [-0.1, -0.05) is 91.8 Å². The van der Waals surface area contributed by atoms with Crippen LogP contribution in [0.5, 0.6) is 0 Å². The van der Waals surface area contributed by atoms with Crippen molar-refractivity contribution in [2.75, 3.05) is 0 Å². The fourth-order valence-corrected chi connectivity index (χ4v) is 3.97. The monoisotopic (exact) mass is 443 g/mol. The largest absolute Gasteiger partial charge is 0.258 e. The summed E-state index contributed by atoms with van der Waals surface area (Å²) in [5.41, 5.74) is 7.01. The third-order valence-electron chi connectivity index (χ3n) is 5.83. The summed E-state index contributed by atoms with van der Waals surface area (Å²) in [5.74, 6) is 2.73. The Hall–Kier alpha value is -3.08. The second kappa shape index (κ2) is 10.7. The molecule has 0 radical (unpaired) electrons. The number of nitrogens with one attached hydrogen (secondary N) is 1. The highest BCUT2D eigenvalue weighted by atomic mass is 15.2. The Labute approximate surface area is 198 Å². The average molecular weight is 444 g/mol. The first-order valence-corrected chi connectivity index (χ1v) is 11.9. The van der Waals surface area contributed by atoms with Crippen LogP contribution in [0.2, 0.25) is 0 Å². The van der Waals surface area contributed by atoms with E-state index in [1.165, 1.54) is 22.3 Å². The van der Waals surface area contributed by atoms with Crippen LogP contribution in [-0.4, -0.2) is 27.6 Å². The SMILES string of the molecule is CC(C)c1cccc(C(C)C)c1N=Cc1n[nH]c(C=Nc2c(C(C)C)cccc2C(C)C)n1. The van der Waals surface area contributed by atoms with Gasteiger partial charge in [0, 0.05) is 0 Å². The predicted molar refractivity (Wildman–Crippen MR) is 140 cm³/mol. The first-order valence-electron chi connectivity index (χ1n) is 11.9. The summed E-state index contributed by atoms with van der Waals surface area (Å²) >= 11 is 0. The zero-order chi connectivity index (χ0) is 24.1. The molecule has 0 aliphatic carbocycles. The van der Waals surface area contributed by atoms with Crippen LogP contribution in [0.3, 0.4) is 0 Å². The van der Waals surface area contributed by atoms with Crippen molar-refractivity contribution in [3.05, 3.63) is 70.3 Å². The van der Waals surface area contributed by atoms with Crippen molar-refractivity contribution in [2.24, 2.45) is 9.98 Å². The average Bonchev–Trinajstić information content (AvgIpc) is 3.23. The Balaban J connectivity index is 1.90. The van der Waals surface area contributed by atoms with Gasteiger partial charge in [0.25, 0.3) is 0 Å². The zero-order valence-corrected chi connectivity index (χ0v) is 21.2. The lowest BCUT2D eigenvalue weighted by molar-refractivity contribution is 0.834. The quantitative estimate of drug-likeness (QED) is 0.361. The summed E-state index contributed by atoms with van der Waals surface area (Å²) in [6, 6.07) is 12.8. The lowest BCUT2D eigenvalue weighted by atomic mass is 9.93. The van der Waals surface area contributed by atoms with E-state index in [0.29, 0.717) is 35.3 Å². The zero-order valence-electron chi connectivity index (χ0n) is 21.2. The molecule has 5 heteroatoms. The minimum Gasteiger partial charge on any atom is -0.258 e. The Morgan fingerprint density at radius 1 is 0.636 bits per heavy atom. The van der Waals surface area contributed by atoms with Crippen molar-refractivity contribution in [2.45, 2.75) is 79.1 Å². The molecule has 33 heavy (non-hydrogen) atoms. The van der Waals surface area contributed by atoms with Gasteiger partial charge in [-0.25, -0.2) is 4.98 Å². The molecule has 0 unspecified atom stereocenters. The molecule has 0 spiro atoms. The minimum absolute atomic E-state index is 0.391. The third-order valence-corrected chi connectivity index (χ3v) is 5.83. The molecule has 0 aliphatic rings. The third kappa shape index (κ3) is 5.84. The summed E-state index contributed by atoms with van der Waals surface area (Å²) in [6.45, 7) is 17.6. The molecule has 0 saturated heterocycles. The van der Waals surface area contributed by atoms with E-state index in [1.807, 2.05) is 0 Å². The van der Waals surface area contributed by atoms with E-state index in [9.17, 15) is 0 Å². The van der Waals surface area contributed by atoms with Gasteiger partial charge in [0.2, 0.25) is 0 Å². The molecular formula is C28H37N5. The molecule has 5 nitrogen and oxygen atoms in total. The Kier molecular flexibility index (Phi) is 7.96. The van der Waals surface area contributed by atoms with Crippen molar-refractivity contribution < 1.29 is 0 Å². The van der Waals surface area contributed by atoms with E-state index in [-0.39, 0.29) is 0 Å². The predicted octanol–water partition coefficient (Wildman–Crippen LogP) is 7.80. The lowest BCUT2D eigenvalue weighted by Crippen LogP contribution is -1.96. The number of benzene rings is 2. The van der Waals surface area contributed by atoms with E-state index in [4.69, 9.17) is 9.98 Å². The number of para-hydroxylation sites is 2. The first-order chi connectivity index (χ1) is 15.7. The number of rotatable bonds is 8. The van der Waals surface area contributed by atoms with Gasteiger partial charge in [-0.15, -0.1) is 0 Å². The Morgan fingerprint density at radius 2 is 1.03 bits per heavy atom. The molecule has 1 aromatic heterocycles. The molecule has 0 atom stereocenters. The number of nitrogens with zero attached hydrogens (tertiary/aromatic N) is 4. The first kappa shape index (κ1) is 24.6. The van der Waals surface area contributed by atoms with Crippen molar-refractivity contribution >= 4 is 23.8 Å². The van der Waals surface area contributed by atoms with Gasteiger partial charge in [-0.05, 0) is 45.9 Å². The number of aromatic amines is 1. The van der Waals surface area contributed by atoms with E-state index in [1.54, 1.807) is 12.4 Å². The molecule has 3 rings (SSSR count). The maximum absolute atomic E-state index is 4.82. The van der Waals surface area contributed by atoms with Crippen LogP contribution >= 0.6 is 0 Å². The highest BCUT2D eigenvalue weighted by Crippen LogP contribution is 2.35.